The monoisotopic (exact) mass is 476 g/mol. The number of methoxy groups -OCH3 is 1. The number of ether oxygens (including phenoxy) is 1. The highest BCUT2D eigenvalue weighted by Crippen LogP contribution is 2.44. The van der Waals surface area contributed by atoms with E-state index in [1.807, 2.05) is 40.9 Å². The van der Waals surface area contributed by atoms with Gasteiger partial charge in [-0.1, -0.05) is 43.3 Å². The molecule has 0 bridgehead atoms. The summed E-state index contributed by atoms with van der Waals surface area (Å²) in [5, 5.41) is 8.58. The van der Waals surface area contributed by atoms with E-state index in [4.69, 9.17) is 20.6 Å². The van der Waals surface area contributed by atoms with E-state index in [0.29, 0.717) is 0 Å². The van der Waals surface area contributed by atoms with Crippen LogP contribution in [0.5, 0.6) is 0 Å². The Hall–Kier alpha value is -2.48. The minimum atomic E-state index is -0.457. The summed E-state index contributed by atoms with van der Waals surface area (Å²) < 4.78 is 8.00. The predicted molar refractivity (Wildman–Crippen MR) is 141 cm³/mol. The highest BCUT2D eigenvalue weighted by molar-refractivity contribution is 5.57. The minimum Gasteiger partial charge on any atom is -0.370 e. The molecule has 188 valence electrons. The average molecular weight is 477 g/mol. The Morgan fingerprint density at radius 2 is 1.83 bits per heavy atom. The number of hydrogen-bond acceptors (Lipinski definition) is 6. The van der Waals surface area contributed by atoms with Crippen molar-refractivity contribution >= 4 is 11.3 Å². The maximum atomic E-state index is 6.42. The van der Waals surface area contributed by atoms with E-state index in [2.05, 4.69) is 36.3 Å². The molecule has 0 spiro atoms. The first kappa shape index (κ1) is 24.2. The van der Waals surface area contributed by atoms with Crippen LogP contribution in [-0.2, 0) is 10.3 Å². The second-order valence-corrected chi connectivity index (χ2v) is 10.9. The first-order chi connectivity index (χ1) is 16.9. The molecule has 7 nitrogen and oxygen atoms in total. The summed E-state index contributed by atoms with van der Waals surface area (Å²) >= 11 is 0. The largest absolute Gasteiger partial charge is 0.370 e. The zero-order valence-electron chi connectivity index (χ0n) is 21.4. The van der Waals surface area contributed by atoms with Gasteiger partial charge in [0.2, 0.25) is 0 Å². The van der Waals surface area contributed by atoms with Gasteiger partial charge in [0.1, 0.15) is 5.60 Å². The molecule has 3 fully saturated rings. The average Bonchev–Trinajstić information content (AvgIpc) is 3.46. The van der Waals surface area contributed by atoms with Crippen LogP contribution in [-0.4, -0.2) is 52.9 Å². The molecule has 1 aliphatic heterocycles. The molecule has 1 saturated heterocycles. The second-order valence-electron chi connectivity index (χ2n) is 10.9. The number of aromatic nitrogens is 3. The molecule has 0 amide bonds. The van der Waals surface area contributed by atoms with Crippen molar-refractivity contribution in [3.63, 3.8) is 0 Å². The lowest BCUT2D eigenvalue weighted by Crippen LogP contribution is -2.63. The van der Waals surface area contributed by atoms with Gasteiger partial charge in [0, 0.05) is 38.3 Å². The topological polar surface area (TPSA) is 80.7 Å². The van der Waals surface area contributed by atoms with E-state index < -0.39 is 5.60 Å². The van der Waals surface area contributed by atoms with Crippen LogP contribution in [0.15, 0.2) is 48.7 Å². The molecule has 2 saturated carbocycles. The van der Waals surface area contributed by atoms with Crippen molar-refractivity contribution in [1.82, 2.24) is 19.9 Å². The van der Waals surface area contributed by atoms with Gasteiger partial charge in [-0.15, -0.1) is 5.10 Å². The molecule has 3 aliphatic rings. The molecule has 3 heterocycles. The van der Waals surface area contributed by atoms with Crippen LogP contribution in [0.25, 0.3) is 5.65 Å². The van der Waals surface area contributed by atoms with Crippen molar-refractivity contribution in [3.8, 4) is 0 Å². The summed E-state index contributed by atoms with van der Waals surface area (Å²) in [5.74, 6) is 1.54. The molecule has 3 aromatic rings. The zero-order valence-corrected chi connectivity index (χ0v) is 21.4. The fourth-order valence-electron chi connectivity index (χ4n) is 5.59. The van der Waals surface area contributed by atoms with Crippen molar-refractivity contribution in [2.24, 2.45) is 11.7 Å². The molecule has 3 atom stereocenters. The number of rotatable bonds is 6. The van der Waals surface area contributed by atoms with E-state index in [1.54, 1.807) is 7.11 Å². The van der Waals surface area contributed by atoms with Crippen molar-refractivity contribution in [1.29, 1.82) is 0 Å². The Balaban J connectivity index is 0.000000371. The molecule has 0 radical (unpaired) electrons. The Morgan fingerprint density at radius 3 is 2.34 bits per heavy atom. The van der Waals surface area contributed by atoms with Crippen LogP contribution in [0.2, 0.25) is 0 Å². The Morgan fingerprint density at radius 1 is 1.11 bits per heavy atom. The fraction of sp³-hybridized carbons (Fsp3) is 0.571. The molecular weight excluding hydrogens is 436 g/mol. The van der Waals surface area contributed by atoms with Gasteiger partial charge in [-0.2, -0.15) is 0 Å². The molecular formula is C28H40N6O. The number of pyridine rings is 1. The molecule has 2 aliphatic carbocycles. The standard InChI is InChI=1S/C22H34N6O.C6H6/c1-15-6-10-27(12-15)17-11-16(2)19-25-20(26-28(19)13-17)22(29-3)9-5-18(22)24-14-21(23)7-4-8-21;1-2-4-6-5-3-1/h11,13,15,18,24H,4-10,12,14,23H2,1-3H3;1-6H. The van der Waals surface area contributed by atoms with Crippen LogP contribution in [0.1, 0.15) is 56.8 Å². The van der Waals surface area contributed by atoms with E-state index in [9.17, 15) is 0 Å². The van der Waals surface area contributed by atoms with Crippen LogP contribution in [0.4, 0.5) is 5.69 Å². The summed E-state index contributed by atoms with van der Waals surface area (Å²) in [6.45, 7) is 7.51. The van der Waals surface area contributed by atoms with Gasteiger partial charge in [-0.05, 0) is 63.0 Å². The highest BCUT2D eigenvalue weighted by Gasteiger charge is 2.52. The number of benzene rings is 1. The SMILES string of the molecule is COC1(c2nc3c(C)cc(N4CCC(C)C4)cn3n2)CCC1NCC1(N)CCC1.c1ccccc1. The molecule has 7 heteroatoms. The van der Waals surface area contributed by atoms with Crippen molar-refractivity contribution in [2.75, 3.05) is 31.6 Å². The number of fused-ring (bicyclic) bond motifs is 1. The third kappa shape index (κ3) is 4.82. The van der Waals surface area contributed by atoms with Gasteiger partial charge in [0.25, 0.3) is 0 Å². The number of aryl methyl sites for hydroxylation is 1. The van der Waals surface area contributed by atoms with Crippen molar-refractivity contribution < 1.29 is 4.74 Å². The summed E-state index contributed by atoms with van der Waals surface area (Å²) in [6.07, 6.45) is 8.84. The number of anilines is 1. The lowest BCUT2D eigenvalue weighted by molar-refractivity contribution is -0.115. The maximum absolute atomic E-state index is 6.42. The van der Waals surface area contributed by atoms with Gasteiger partial charge in [0.05, 0.1) is 11.9 Å². The lowest BCUT2D eigenvalue weighted by Gasteiger charge is -2.49. The lowest BCUT2D eigenvalue weighted by atomic mass is 9.72. The summed E-state index contributed by atoms with van der Waals surface area (Å²) in [5.41, 5.74) is 9.24. The van der Waals surface area contributed by atoms with Gasteiger partial charge in [-0.25, -0.2) is 9.50 Å². The van der Waals surface area contributed by atoms with E-state index in [1.165, 1.54) is 18.5 Å². The van der Waals surface area contributed by atoms with Gasteiger partial charge in [-0.3, -0.25) is 0 Å². The summed E-state index contributed by atoms with van der Waals surface area (Å²) in [4.78, 5) is 7.38. The predicted octanol–water partition coefficient (Wildman–Crippen LogP) is 4.05. The normalized spacial score (nSPS) is 27.1. The highest BCUT2D eigenvalue weighted by atomic mass is 16.5. The minimum absolute atomic E-state index is 0.0419. The summed E-state index contributed by atoms with van der Waals surface area (Å²) in [6, 6.07) is 14.5. The third-order valence-corrected chi connectivity index (χ3v) is 8.22. The molecule has 6 rings (SSSR count). The molecule has 2 aromatic heterocycles. The number of nitrogens with one attached hydrogen (secondary N) is 1. The second kappa shape index (κ2) is 9.88. The molecule has 3 unspecified atom stereocenters. The molecule has 1 aromatic carbocycles. The number of hydrogen-bond donors (Lipinski definition) is 2. The van der Waals surface area contributed by atoms with Crippen molar-refractivity contribution in [2.45, 2.75) is 69.6 Å². The van der Waals surface area contributed by atoms with E-state index in [0.717, 1.165) is 68.3 Å². The van der Waals surface area contributed by atoms with E-state index >= 15 is 0 Å². The number of nitrogens with two attached hydrogens (primary N) is 1. The molecule has 3 N–H and O–H groups in total. The third-order valence-electron chi connectivity index (χ3n) is 8.22. The Bertz CT molecular complexity index is 1100. The van der Waals surface area contributed by atoms with Gasteiger partial charge >= 0.3 is 0 Å². The Kier molecular flexibility index (Phi) is 6.84. The fourth-order valence-corrected chi connectivity index (χ4v) is 5.59. The quantitative estimate of drug-likeness (QED) is 0.559. The molecule has 35 heavy (non-hydrogen) atoms. The van der Waals surface area contributed by atoms with Gasteiger partial charge < -0.3 is 20.7 Å². The van der Waals surface area contributed by atoms with Crippen LogP contribution < -0.4 is 16.0 Å². The van der Waals surface area contributed by atoms with Crippen LogP contribution in [0, 0.1) is 12.8 Å². The maximum Gasteiger partial charge on any atom is 0.185 e. The summed E-state index contributed by atoms with van der Waals surface area (Å²) in [7, 11) is 1.78. The smallest absolute Gasteiger partial charge is 0.185 e. The first-order valence-electron chi connectivity index (χ1n) is 13.1. The Labute approximate surface area is 209 Å². The number of nitrogens with zero attached hydrogens (tertiary/aromatic N) is 4. The van der Waals surface area contributed by atoms with Crippen molar-refractivity contribution in [3.05, 3.63) is 60.0 Å². The zero-order chi connectivity index (χ0) is 24.5. The van der Waals surface area contributed by atoms with E-state index in [-0.39, 0.29) is 11.6 Å². The first-order valence-corrected chi connectivity index (χ1v) is 13.1. The van der Waals surface area contributed by atoms with Crippen LogP contribution in [0.3, 0.4) is 0 Å². The van der Waals surface area contributed by atoms with Crippen LogP contribution >= 0.6 is 0 Å². The van der Waals surface area contributed by atoms with Gasteiger partial charge in [0.15, 0.2) is 11.5 Å².